The van der Waals surface area contributed by atoms with Crippen LogP contribution in [0.25, 0.3) is 17.0 Å². The molecule has 0 unspecified atom stereocenters. The van der Waals surface area contributed by atoms with Gasteiger partial charge in [0.05, 0.1) is 24.1 Å². The van der Waals surface area contributed by atoms with Gasteiger partial charge in [0.15, 0.2) is 0 Å². The molecule has 0 spiro atoms. The maximum atomic E-state index is 12.8. The lowest BCUT2D eigenvalue weighted by atomic mass is 10.0. The summed E-state index contributed by atoms with van der Waals surface area (Å²) in [5.41, 5.74) is 2.61. The van der Waals surface area contributed by atoms with E-state index in [-0.39, 0.29) is 18.0 Å². The number of hydrogen-bond donors (Lipinski definition) is 1. The Kier molecular flexibility index (Phi) is 7.14. The van der Waals surface area contributed by atoms with E-state index in [4.69, 9.17) is 4.74 Å². The molecule has 0 aliphatic heterocycles. The van der Waals surface area contributed by atoms with Crippen LogP contribution in [0, 0.1) is 0 Å². The minimum Gasteiger partial charge on any atom is -0.383 e. The molecule has 0 aliphatic rings. The highest BCUT2D eigenvalue weighted by molar-refractivity contribution is 5.91. The van der Waals surface area contributed by atoms with Gasteiger partial charge < -0.3 is 14.6 Å². The van der Waals surface area contributed by atoms with Gasteiger partial charge in [-0.05, 0) is 35.3 Å². The lowest BCUT2D eigenvalue weighted by Gasteiger charge is -2.20. The van der Waals surface area contributed by atoms with Crippen LogP contribution in [0.1, 0.15) is 36.7 Å². The molecule has 2 aromatic carbocycles. The SMILES string of the molecule is COCCN(Cc1nc2ccccc2c(=O)[nH]1)C(=O)/C=C/c1ccc(C(C)C)cc1. The molecule has 1 heterocycles. The number of para-hydroxylation sites is 1. The van der Waals surface area contributed by atoms with E-state index in [0.29, 0.717) is 35.8 Å². The molecule has 1 amide bonds. The van der Waals surface area contributed by atoms with E-state index in [1.54, 1.807) is 42.4 Å². The Morgan fingerprint density at radius 3 is 2.60 bits per heavy atom. The van der Waals surface area contributed by atoms with E-state index < -0.39 is 0 Å². The fourth-order valence-corrected chi connectivity index (χ4v) is 3.12. The number of amides is 1. The summed E-state index contributed by atoms with van der Waals surface area (Å²) in [5.74, 6) is 0.736. The summed E-state index contributed by atoms with van der Waals surface area (Å²) in [5, 5.41) is 0.528. The lowest BCUT2D eigenvalue weighted by Crippen LogP contribution is -2.33. The number of methoxy groups -OCH3 is 1. The molecule has 3 aromatic rings. The maximum Gasteiger partial charge on any atom is 0.258 e. The van der Waals surface area contributed by atoms with Gasteiger partial charge in [-0.1, -0.05) is 50.2 Å². The van der Waals surface area contributed by atoms with Gasteiger partial charge in [0, 0.05) is 19.7 Å². The zero-order chi connectivity index (χ0) is 21.5. The number of hydrogen-bond acceptors (Lipinski definition) is 4. The Balaban J connectivity index is 1.78. The smallest absolute Gasteiger partial charge is 0.258 e. The minimum atomic E-state index is -0.212. The number of carbonyl (C=O) groups excluding carboxylic acids is 1. The number of aromatic amines is 1. The summed E-state index contributed by atoms with van der Waals surface area (Å²) in [4.78, 5) is 34.0. The molecule has 0 aliphatic carbocycles. The van der Waals surface area contributed by atoms with Gasteiger partial charge in [0.2, 0.25) is 5.91 Å². The summed E-state index contributed by atoms with van der Waals surface area (Å²) in [6.07, 6.45) is 3.34. The van der Waals surface area contributed by atoms with Crippen LogP contribution in [0.2, 0.25) is 0 Å². The van der Waals surface area contributed by atoms with Crippen molar-refractivity contribution in [2.24, 2.45) is 0 Å². The van der Waals surface area contributed by atoms with Crippen molar-refractivity contribution in [3.63, 3.8) is 0 Å². The second kappa shape index (κ2) is 9.98. The molecule has 3 rings (SSSR count). The highest BCUT2D eigenvalue weighted by atomic mass is 16.5. The van der Waals surface area contributed by atoms with Crippen molar-refractivity contribution in [1.29, 1.82) is 0 Å². The van der Waals surface area contributed by atoms with E-state index in [1.165, 1.54) is 5.56 Å². The Hall–Kier alpha value is -3.25. The zero-order valence-electron chi connectivity index (χ0n) is 17.6. The molecule has 0 fully saturated rings. The third-order valence-corrected chi connectivity index (χ3v) is 4.90. The third kappa shape index (κ3) is 5.42. The van der Waals surface area contributed by atoms with E-state index in [2.05, 4.69) is 35.9 Å². The number of nitrogens with zero attached hydrogens (tertiary/aromatic N) is 2. The summed E-state index contributed by atoms with van der Waals surface area (Å²) < 4.78 is 5.14. The van der Waals surface area contributed by atoms with Gasteiger partial charge in [-0.2, -0.15) is 0 Å². The highest BCUT2D eigenvalue weighted by Gasteiger charge is 2.14. The van der Waals surface area contributed by atoms with Crippen molar-refractivity contribution >= 4 is 22.9 Å². The summed E-state index contributed by atoms with van der Waals surface area (Å²) >= 11 is 0. The number of benzene rings is 2. The zero-order valence-corrected chi connectivity index (χ0v) is 17.6. The molecule has 0 bridgehead atoms. The van der Waals surface area contributed by atoms with Crippen LogP contribution >= 0.6 is 0 Å². The van der Waals surface area contributed by atoms with Crippen molar-refractivity contribution in [2.45, 2.75) is 26.3 Å². The first-order chi connectivity index (χ1) is 14.5. The van der Waals surface area contributed by atoms with Gasteiger partial charge >= 0.3 is 0 Å². The molecule has 0 radical (unpaired) electrons. The van der Waals surface area contributed by atoms with Crippen molar-refractivity contribution in [3.05, 3.63) is 81.9 Å². The first-order valence-corrected chi connectivity index (χ1v) is 10.0. The number of rotatable bonds is 8. The number of nitrogens with one attached hydrogen (secondary N) is 1. The standard InChI is InChI=1S/C24H27N3O3/c1-17(2)19-11-8-18(9-12-19)10-13-23(28)27(14-15-30-3)16-22-25-21-7-5-4-6-20(21)24(29)26-22/h4-13,17H,14-16H2,1-3H3,(H,25,26,29)/b13-10+. The molecule has 0 atom stereocenters. The molecule has 0 saturated heterocycles. The lowest BCUT2D eigenvalue weighted by molar-refractivity contribution is -0.127. The maximum absolute atomic E-state index is 12.8. The van der Waals surface area contributed by atoms with Crippen molar-refractivity contribution in [1.82, 2.24) is 14.9 Å². The van der Waals surface area contributed by atoms with Crippen LogP contribution in [0.15, 0.2) is 59.4 Å². The number of carbonyl (C=O) groups is 1. The molecule has 6 nitrogen and oxygen atoms in total. The summed E-state index contributed by atoms with van der Waals surface area (Å²) in [7, 11) is 1.59. The van der Waals surface area contributed by atoms with Gasteiger partial charge in [-0.15, -0.1) is 0 Å². The predicted octanol–water partition coefficient (Wildman–Crippen LogP) is 3.73. The molecular formula is C24H27N3O3. The second-order valence-corrected chi connectivity index (χ2v) is 7.44. The van der Waals surface area contributed by atoms with E-state index >= 15 is 0 Å². The Labute approximate surface area is 176 Å². The first kappa shape index (κ1) is 21.5. The molecule has 1 N–H and O–H groups in total. The Morgan fingerprint density at radius 1 is 1.17 bits per heavy atom. The molecule has 1 aromatic heterocycles. The molecular weight excluding hydrogens is 378 g/mol. The average Bonchev–Trinajstić information content (AvgIpc) is 2.75. The average molecular weight is 405 g/mol. The Morgan fingerprint density at radius 2 is 1.90 bits per heavy atom. The van der Waals surface area contributed by atoms with Crippen LogP contribution in [0.4, 0.5) is 0 Å². The molecule has 30 heavy (non-hydrogen) atoms. The monoisotopic (exact) mass is 405 g/mol. The summed E-state index contributed by atoms with van der Waals surface area (Å²) in [6, 6.07) is 15.3. The third-order valence-electron chi connectivity index (χ3n) is 4.90. The van der Waals surface area contributed by atoms with Crippen LogP contribution in [-0.2, 0) is 16.1 Å². The minimum absolute atomic E-state index is 0.171. The Bertz CT molecular complexity index is 1080. The van der Waals surface area contributed by atoms with E-state index in [0.717, 1.165) is 5.56 Å². The van der Waals surface area contributed by atoms with Gasteiger partial charge in [-0.3, -0.25) is 9.59 Å². The molecule has 0 saturated carbocycles. The number of H-pyrrole nitrogens is 1. The van der Waals surface area contributed by atoms with Gasteiger partial charge in [-0.25, -0.2) is 4.98 Å². The van der Waals surface area contributed by atoms with Gasteiger partial charge in [0.1, 0.15) is 5.82 Å². The van der Waals surface area contributed by atoms with Crippen LogP contribution < -0.4 is 5.56 Å². The van der Waals surface area contributed by atoms with E-state index in [9.17, 15) is 9.59 Å². The normalized spacial score (nSPS) is 11.5. The fraction of sp³-hybridized carbons (Fsp3) is 0.292. The number of aromatic nitrogens is 2. The fourth-order valence-electron chi connectivity index (χ4n) is 3.12. The van der Waals surface area contributed by atoms with E-state index in [1.807, 2.05) is 18.2 Å². The molecule has 6 heteroatoms. The number of fused-ring (bicyclic) bond motifs is 1. The molecule has 156 valence electrons. The van der Waals surface area contributed by atoms with Crippen LogP contribution in [0.5, 0.6) is 0 Å². The second-order valence-electron chi connectivity index (χ2n) is 7.44. The van der Waals surface area contributed by atoms with Crippen molar-refractivity contribution in [3.8, 4) is 0 Å². The topological polar surface area (TPSA) is 75.3 Å². The van der Waals surface area contributed by atoms with Crippen LogP contribution in [-0.4, -0.2) is 41.0 Å². The van der Waals surface area contributed by atoms with Gasteiger partial charge in [0.25, 0.3) is 5.56 Å². The number of ether oxygens (including phenoxy) is 1. The largest absolute Gasteiger partial charge is 0.383 e. The van der Waals surface area contributed by atoms with Crippen molar-refractivity contribution in [2.75, 3.05) is 20.3 Å². The first-order valence-electron chi connectivity index (χ1n) is 10.0. The predicted molar refractivity (Wildman–Crippen MR) is 119 cm³/mol. The highest BCUT2D eigenvalue weighted by Crippen LogP contribution is 2.15. The van der Waals surface area contributed by atoms with Crippen LogP contribution in [0.3, 0.4) is 0 Å². The summed E-state index contributed by atoms with van der Waals surface area (Å²) in [6.45, 7) is 5.27. The quantitative estimate of drug-likeness (QED) is 0.580. The van der Waals surface area contributed by atoms with Crippen molar-refractivity contribution < 1.29 is 9.53 Å².